The molecular weight excluding hydrogens is 270 g/mol. The van der Waals surface area contributed by atoms with E-state index in [1.165, 1.54) is 7.11 Å². The van der Waals surface area contributed by atoms with Crippen LogP contribution in [0.25, 0.3) is 0 Å². The first-order valence-electron chi connectivity index (χ1n) is 6.29. The summed E-state index contributed by atoms with van der Waals surface area (Å²) < 4.78 is 5.57. The highest BCUT2D eigenvalue weighted by atomic mass is 16.6. The van der Waals surface area contributed by atoms with Crippen LogP contribution in [0, 0.1) is 0 Å². The number of benzene rings is 1. The first kappa shape index (κ1) is 14.5. The summed E-state index contributed by atoms with van der Waals surface area (Å²) in [6, 6.07) is 12.8. The maximum Gasteiger partial charge on any atom is 0.270 e. The van der Waals surface area contributed by atoms with Crippen molar-refractivity contribution in [2.75, 3.05) is 12.4 Å². The fourth-order valence-electron chi connectivity index (χ4n) is 1.62. The van der Waals surface area contributed by atoms with Crippen LogP contribution in [0.3, 0.4) is 0 Å². The summed E-state index contributed by atoms with van der Waals surface area (Å²) in [7, 11) is 1.37. The minimum Gasteiger partial charge on any atom is -0.473 e. The van der Waals surface area contributed by atoms with Crippen molar-refractivity contribution in [2.45, 2.75) is 6.61 Å². The lowest BCUT2D eigenvalue weighted by Gasteiger charge is -2.10. The molecule has 0 spiro atoms. The first-order valence-corrected chi connectivity index (χ1v) is 6.29. The molecule has 1 N–H and O–H groups in total. The van der Waals surface area contributed by atoms with Crippen molar-refractivity contribution in [1.29, 1.82) is 0 Å². The number of carbonyl (C=O) groups excluding carboxylic acids is 1. The van der Waals surface area contributed by atoms with Crippen LogP contribution in [-0.2, 0) is 16.2 Å². The van der Waals surface area contributed by atoms with Crippen molar-refractivity contribution in [3.8, 4) is 5.88 Å². The van der Waals surface area contributed by atoms with E-state index in [4.69, 9.17) is 4.74 Å². The zero-order valence-corrected chi connectivity index (χ0v) is 11.5. The van der Waals surface area contributed by atoms with Gasteiger partial charge in [-0.05, 0) is 12.1 Å². The molecule has 0 radical (unpaired) electrons. The fourth-order valence-corrected chi connectivity index (χ4v) is 1.62. The second kappa shape index (κ2) is 7.64. The van der Waals surface area contributed by atoms with Crippen LogP contribution in [-0.4, -0.2) is 24.2 Å². The molecule has 0 saturated carbocycles. The molecule has 1 aromatic heterocycles. The highest BCUT2D eigenvalue weighted by Gasteiger charge is 2.06. The van der Waals surface area contributed by atoms with Gasteiger partial charge in [-0.1, -0.05) is 29.4 Å². The summed E-state index contributed by atoms with van der Waals surface area (Å²) in [5.74, 6) is 0.154. The lowest BCUT2D eigenvalue weighted by Crippen LogP contribution is -2.14. The number of para-hydroxylation sites is 1. The van der Waals surface area contributed by atoms with E-state index >= 15 is 0 Å². The quantitative estimate of drug-likeness (QED) is 0.652. The van der Waals surface area contributed by atoms with Crippen molar-refractivity contribution in [2.24, 2.45) is 5.16 Å². The predicted octanol–water partition coefficient (Wildman–Crippen LogP) is 2.23. The van der Waals surface area contributed by atoms with Gasteiger partial charge in [0.2, 0.25) is 5.88 Å². The molecule has 0 aliphatic carbocycles. The van der Waals surface area contributed by atoms with Crippen LogP contribution in [0.2, 0.25) is 0 Å². The van der Waals surface area contributed by atoms with Crippen molar-refractivity contribution in [1.82, 2.24) is 4.98 Å². The standard InChI is InChI=1S/C15H15N3O3/c1-20-17-10-14(19)18-13-7-3-2-6-12(13)11-21-15-8-4-5-9-16-15/h2-10H,11H2,1H3,(H,18,19). The Bertz CT molecular complexity index is 615. The van der Waals surface area contributed by atoms with E-state index < -0.39 is 0 Å². The lowest BCUT2D eigenvalue weighted by atomic mass is 10.2. The summed E-state index contributed by atoms with van der Waals surface area (Å²) in [6.07, 6.45) is 2.72. The number of pyridine rings is 1. The molecule has 1 amide bonds. The van der Waals surface area contributed by atoms with Crippen LogP contribution >= 0.6 is 0 Å². The smallest absolute Gasteiger partial charge is 0.270 e. The molecule has 0 saturated heterocycles. The van der Waals surface area contributed by atoms with Gasteiger partial charge >= 0.3 is 0 Å². The molecule has 6 nitrogen and oxygen atoms in total. The van der Waals surface area contributed by atoms with Crippen LogP contribution in [0.15, 0.2) is 53.8 Å². The van der Waals surface area contributed by atoms with Gasteiger partial charge in [0.25, 0.3) is 5.91 Å². The largest absolute Gasteiger partial charge is 0.473 e. The molecule has 0 aliphatic heterocycles. The molecule has 6 heteroatoms. The number of hydrogen-bond acceptors (Lipinski definition) is 5. The molecule has 0 atom stereocenters. The van der Waals surface area contributed by atoms with Gasteiger partial charge in [-0.25, -0.2) is 4.98 Å². The highest BCUT2D eigenvalue weighted by Crippen LogP contribution is 2.17. The van der Waals surface area contributed by atoms with Crippen molar-refractivity contribution in [3.63, 3.8) is 0 Å². The van der Waals surface area contributed by atoms with E-state index in [1.807, 2.05) is 30.3 Å². The third kappa shape index (κ3) is 4.61. The zero-order valence-electron chi connectivity index (χ0n) is 11.5. The number of ether oxygens (including phenoxy) is 1. The number of hydrogen-bond donors (Lipinski definition) is 1. The van der Waals surface area contributed by atoms with Gasteiger partial charge in [-0.15, -0.1) is 0 Å². The Morgan fingerprint density at radius 3 is 2.86 bits per heavy atom. The third-order valence-electron chi connectivity index (χ3n) is 2.56. The molecule has 21 heavy (non-hydrogen) atoms. The SMILES string of the molecule is CON=CC(=O)Nc1ccccc1COc1ccccn1. The van der Waals surface area contributed by atoms with Crippen molar-refractivity contribution in [3.05, 3.63) is 54.2 Å². The molecule has 0 bridgehead atoms. The van der Waals surface area contributed by atoms with E-state index in [9.17, 15) is 4.79 Å². The van der Waals surface area contributed by atoms with Gasteiger partial charge in [0.1, 0.15) is 19.9 Å². The Kier molecular flexibility index (Phi) is 5.28. The number of oxime groups is 1. The summed E-state index contributed by atoms with van der Waals surface area (Å²) in [4.78, 5) is 20.1. The van der Waals surface area contributed by atoms with Crippen LogP contribution < -0.4 is 10.1 Å². The Balaban J connectivity index is 2.03. The summed E-state index contributed by atoms with van der Waals surface area (Å²) >= 11 is 0. The predicted molar refractivity (Wildman–Crippen MR) is 79.1 cm³/mol. The number of nitrogens with one attached hydrogen (secondary N) is 1. The van der Waals surface area contributed by atoms with E-state index in [2.05, 4.69) is 20.3 Å². The molecule has 2 rings (SSSR count). The van der Waals surface area contributed by atoms with Crippen LogP contribution in [0.5, 0.6) is 5.88 Å². The molecule has 0 fully saturated rings. The zero-order chi connectivity index (χ0) is 14.9. The molecule has 2 aromatic rings. The normalized spacial score (nSPS) is 10.3. The van der Waals surface area contributed by atoms with Crippen LogP contribution in [0.4, 0.5) is 5.69 Å². The minimum atomic E-state index is -0.373. The number of amides is 1. The van der Waals surface area contributed by atoms with E-state index in [0.717, 1.165) is 11.8 Å². The van der Waals surface area contributed by atoms with Crippen molar-refractivity contribution >= 4 is 17.8 Å². The Hall–Kier alpha value is -2.89. The monoisotopic (exact) mass is 285 g/mol. The van der Waals surface area contributed by atoms with Crippen molar-refractivity contribution < 1.29 is 14.4 Å². The van der Waals surface area contributed by atoms with Gasteiger partial charge in [-0.3, -0.25) is 4.79 Å². The van der Waals surface area contributed by atoms with E-state index in [-0.39, 0.29) is 5.91 Å². The maximum absolute atomic E-state index is 11.6. The summed E-state index contributed by atoms with van der Waals surface area (Å²) in [5, 5.41) is 6.13. The van der Waals surface area contributed by atoms with E-state index in [1.54, 1.807) is 18.3 Å². The third-order valence-corrected chi connectivity index (χ3v) is 2.56. The maximum atomic E-state index is 11.6. The number of nitrogens with zero attached hydrogens (tertiary/aromatic N) is 2. The fraction of sp³-hybridized carbons (Fsp3) is 0.133. The van der Waals surface area contributed by atoms with E-state index in [0.29, 0.717) is 18.2 Å². The Morgan fingerprint density at radius 2 is 2.10 bits per heavy atom. The molecular formula is C15H15N3O3. The Labute approximate surface area is 122 Å². The molecule has 0 unspecified atom stereocenters. The lowest BCUT2D eigenvalue weighted by molar-refractivity contribution is -0.110. The second-order valence-electron chi connectivity index (χ2n) is 4.02. The number of aromatic nitrogens is 1. The van der Waals surface area contributed by atoms with Gasteiger partial charge in [0.15, 0.2) is 0 Å². The van der Waals surface area contributed by atoms with Gasteiger partial charge < -0.3 is 14.9 Å². The number of rotatable bonds is 6. The second-order valence-corrected chi connectivity index (χ2v) is 4.02. The molecule has 1 aromatic carbocycles. The Morgan fingerprint density at radius 1 is 1.29 bits per heavy atom. The first-order chi connectivity index (χ1) is 10.3. The average Bonchev–Trinajstić information content (AvgIpc) is 2.53. The summed E-state index contributed by atoms with van der Waals surface area (Å²) in [5.41, 5.74) is 1.49. The number of anilines is 1. The molecule has 0 aliphatic rings. The van der Waals surface area contributed by atoms with Crippen LogP contribution in [0.1, 0.15) is 5.56 Å². The number of carbonyl (C=O) groups is 1. The summed E-state index contributed by atoms with van der Waals surface area (Å²) in [6.45, 7) is 0.300. The average molecular weight is 285 g/mol. The van der Waals surface area contributed by atoms with Gasteiger partial charge in [0, 0.05) is 23.5 Å². The molecule has 1 heterocycles. The highest BCUT2D eigenvalue weighted by molar-refractivity contribution is 6.31. The molecule has 108 valence electrons. The van der Waals surface area contributed by atoms with Gasteiger partial charge in [-0.2, -0.15) is 0 Å². The van der Waals surface area contributed by atoms with Gasteiger partial charge in [0.05, 0.1) is 0 Å². The minimum absolute atomic E-state index is 0.300. The topological polar surface area (TPSA) is 72.8 Å².